The van der Waals surface area contributed by atoms with E-state index in [0.29, 0.717) is 12.6 Å². The van der Waals surface area contributed by atoms with Crippen LogP contribution < -0.4 is 15.4 Å². The molecule has 1 saturated carbocycles. The van der Waals surface area contributed by atoms with Crippen LogP contribution in [0.15, 0.2) is 30.3 Å². The van der Waals surface area contributed by atoms with E-state index in [4.69, 9.17) is 17.0 Å². The number of ether oxygens (including phenoxy) is 1. The molecule has 1 aliphatic rings. The molecule has 0 aliphatic heterocycles. The van der Waals surface area contributed by atoms with Crippen LogP contribution in [0, 0.1) is 0 Å². The van der Waals surface area contributed by atoms with Gasteiger partial charge in [-0.15, -0.1) is 0 Å². The van der Waals surface area contributed by atoms with Gasteiger partial charge in [-0.05, 0) is 43.6 Å². The van der Waals surface area contributed by atoms with Crippen LogP contribution in [-0.2, 0) is 0 Å². The molecule has 0 bridgehead atoms. The minimum atomic E-state index is 0.621. The number of nitrogens with one attached hydrogen (secondary N) is 2. The van der Waals surface area contributed by atoms with E-state index in [1.807, 2.05) is 30.3 Å². The van der Waals surface area contributed by atoms with Crippen LogP contribution in [0.25, 0.3) is 0 Å². The molecule has 0 heterocycles. The molecule has 0 spiro atoms. The summed E-state index contributed by atoms with van der Waals surface area (Å²) in [5.41, 5.74) is 0. The van der Waals surface area contributed by atoms with Crippen molar-refractivity contribution in [1.29, 1.82) is 0 Å². The number of hydrogen-bond acceptors (Lipinski definition) is 2. The first-order valence-electron chi connectivity index (χ1n) is 6.07. The summed E-state index contributed by atoms with van der Waals surface area (Å²) < 4.78 is 5.58. The van der Waals surface area contributed by atoms with Gasteiger partial charge in [0.15, 0.2) is 5.11 Å². The summed E-state index contributed by atoms with van der Waals surface area (Å²) in [5.74, 6) is 0.922. The summed E-state index contributed by atoms with van der Waals surface area (Å²) in [4.78, 5) is 0. The monoisotopic (exact) mass is 250 g/mol. The smallest absolute Gasteiger partial charge is 0.166 e. The van der Waals surface area contributed by atoms with Gasteiger partial charge in [0, 0.05) is 12.6 Å². The summed E-state index contributed by atoms with van der Waals surface area (Å²) in [6.45, 7) is 1.56. The highest BCUT2D eigenvalue weighted by Crippen LogP contribution is 2.18. The average molecular weight is 250 g/mol. The highest BCUT2D eigenvalue weighted by molar-refractivity contribution is 7.80. The second-order valence-electron chi connectivity index (χ2n) is 4.19. The van der Waals surface area contributed by atoms with Gasteiger partial charge >= 0.3 is 0 Å². The van der Waals surface area contributed by atoms with Crippen LogP contribution >= 0.6 is 12.2 Å². The van der Waals surface area contributed by atoms with Crippen molar-refractivity contribution in [2.24, 2.45) is 0 Å². The van der Waals surface area contributed by atoms with E-state index in [1.165, 1.54) is 12.8 Å². The van der Waals surface area contributed by atoms with Crippen LogP contribution in [0.1, 0.15) is 19.3 Å². The molecule has 3 nitrogen and oxygen atoms in total. The van der Waals surface area contributed by atoms with Crippen molar-refractivity contribution in [2.45, 2.75) is 25.3 Å². The van der Waals surface area contributed by atoms with Crippen molar-refractivity contribution in [1.82, 2.24) is 10.6 Å². The Labute approximate surface area is 108 Å². The van der Waals surface area contributed by atoms with Gasteiger partial charge in [-0.25, -0.2) is 0 Å². The number of rotatable bonds is 6. The second-order valence-corrected chi connectivity index (χ2v) is 4.60. The molecule has 0 radical (unpaired) electrons. The second kappa shape index (κ2) is 6.45. The van der Waals surface area contributed by atoms with Gasteiger partial charge in [0.2, 0.25) is 0 Å². The SMILES string of the molecule is S=C(NCCCOc1ccccc1)NC1CC1. The lowest BCUT2D eigenvalue weighted by molar-refractivity contribution is 0.311. The minimum Gasteiger partial charge on any atom is -0.494 e. The van der Waals surface area contributed by atoms with E-state index >= 15 is 0 Å². The number of benzene rings is 1. The maximum Gasteiger partial charge on any atom is 0.166 e. The van der Waals surface area contributed by atoms with E-state index in [-0.39, 0.29) is 0 Å². The molecular weight excluding hydrogens is 232 g/mol. The Hall–Kier alpha value is -1.29. The fourth-order valence-corrected chi connectivity index (χ4v) is 1.71. The van der Waals surface area contributed by atoms with Crippen LogP contribution in [0.4, 0.5) is 0 Å². The predicted octanol–water partition coefficient (Wildman–Crippen LogP) is 2.08. The lowest BCUT2D eigenvalue weighted by Gasteiger charge is -2.10. The maximum atomic E-state index is 5.58. The Kier molecular flexibility index (Phi) is 4.62. The van der Waals surface area contributed by atoms with Gasteiger partial charge in [-0.1, -0.05) is 18.2 Å². The quantitative estimate of drug-likeness (QED) is 0.598. The molecule has 0 amide bonds. The molecule has 1 fully saturated rings. The Bertz CT molecular complexity index is 352. The largest absolute Gasteiger partial charge is 0.494 e. The van der Waals surface area contributed by atoms with Crippen molar-refractivity contribution in [3.05, 3.63) is 30.3 Å². The minimum absolute atomic E-state index is 0.621. The average Bonchev–Trinajstić information content (AvgIpc) is 3.14. The first-order valence-corrected chi connectivity index (χ1v) is 6.47. The van der Waals surface area contributed by atoms with E-state index < -0.39 is 0 Å². The van der Waals surface area contributed by atoms with Crippen LogP contribution in [0.2, 0.25) is 0 Å². The zero-order valence-corrected chi connectivity index (χ0v) is 10.6. The van der Waals surface area contributed by atoms with Gasteiger partial charge in [0.1, 0.15) is 5.75 Å². The molecule has 0 atom stereocenters. The third-order valence-electron chi connectivity index (χ3n) is 2.53. The Morgan fingerprint density at radius 2 is 2.06 bits per heavy atom. The molecule has 2 N–H and O–H groups in total. The third kappa shape index (κ3) is 5.04. The molecule has 2 rings (SSSR count). The summed E-state index contributed by atoms with van der Waals surface area (Å²) >= 11 is 5.15. The summed E-state index contributed by atoms with van der Waals surface area (Å²) in [6.07, 6.45) is 3.44. The van der Waals surface area contributed by atoms with Crippen LogP contribution in [0.5, 0.6) is 5.75 Å². The van der Waals surface area contributed by atoms with E-state index in [9.17, 15) is 0 Å². The first kappa shape index (κ1) is 12.2. The van der Waals surface area contributed by atoms with E-state index in [2.05, 4.69) is 10.6 Å². The Morgan fingerprint density at radius 3 is 2.76 bits per heavy atom. The van der Waals surface area contributed by atoms with Crippen molar-refractivity contribution >= 4 is 17.3 Å². The zero-order valence-electron chi connectivity index (χ0n) is 9.82. The van der Waals surface area contributed by atoms with Crippen LogP contribution in [0.3, 0.4) is 0 Å². The van der Waals surface area contributed by atoms with Gasteiger partial charge in [0.25, 0.3) is 0 Å². The normalized spacial score (nSPS) is 14.1. The molecule has 17 heavy (non-hydrogen) atoms. The maximum absolute atomic E-state index is 5.58. The zero-order chi connectivity index (χ0) is 11.9. The molecular formula is C13H18N2OS. The molecule has 4 heteroatoms. The van der Waals surface area contributed by atoms with E-state index in [0.717, 1.165) is 23.8 Å². The number of thiocarbonyl (C=S) groups is 1. The predicted molar refractivity (Wildman–Crippen MR) is 73.3 cm³/mol. The van der Waals surface area contributed by atoms with Crippen molar-refractivity contribution < 1.29 is 4.74 Å². The molecule has 1 aliphatic carbocycles. The van der Waals surface area contributed by atoms with Gasteiger partial charge in [0.05, 0.1) is 6.61 Å². The fraction of sp³-hybridized carbons (Fsp3) is 0.462. The summed E-state index contributed by atoms with van der Waals surface area (Å²) in [5, 5.41) is 7.19. The summed E-state index contributed by atoms with van der Waals surface area (Å²) in [7, 11) is 0. The number of para-hydroxylation sites is 1. The van der Waals surface area contributed by atoms with Crippen molar-refractivity contribution in [3.8, 4) is 5.75 Å². The standard InChI is InChI=1S/C13H18N2OS/c17-13(15-11-7-8-11)14-9-4-10-16-12-5-2-1-3-6-12/h1-3,5-6,11H,4,7-10H2,(H2,14,15,17). The topological polar surface area (TPSA) is 33.3 Å². The fourth-order valence-electron chi connectivity index (χ4n) is 1.44. The van der Waals surface area contributed by atoms with Gasteiger partial charge < -0.3 is 15.4 Å². The third-order valence-corrected chi connectivity index (χ3v) is 2.79. The summed E-state index contributed by atoms with van der Waals surface area (Å²) in [6, 6.07) is 10.5. The van der Waals surface area contributed by atoms with E-state index in [1.54, 1.807) is 0 Å². The highest BCUT2D eigenvalue weighted by Gasteiger charge is 2.21. The highest BCUT2D eigenvalue weighted by atomic mass is 32.1. The molecule has 0 aromatic heterocycles. The lowest BCUT2D eigenvalue weighted by atomic mass is 10.3. The molecule has 0 saturated heterocycles. The van der Waals surface area contributed by atoms with Crippen molar-refractivity contribution in [3.63, 3.8) is 0 Å². The molecule has 92 valence electrons. The first-order chi connectivity index (χ1) is 8.34. The molecule has 1 aromatic carbocycles. The van der Waals surface area contributed by atoms with Gasteiger partial charge in [-0.3, -0.25) is 0 Å². The van der Waals surface area contributed by atoms with Gasteiger partial charge in [-0.2, -0.15) is 0 Å². The van der Waals surface area contributed by atoms with Crippen LogP contribution in [-0.4, -0.2) is 24.3 Å². The molecule has 1 aromatic rings. The number of hydrogen-bond donors (Lipinski definition) is 2. The Morgan fingerprint density at radius 1 is 1.29 bits per heavy atom. The molecule has 0 unspecified atom stereocenters. The lowest BCUT2D eigenvalue weighted by Crippen LogP contribution is -2.37. The van der Waals surface area contributed by atoms with Crippen molar-refractivity contribution in [2.75, 3.05) is 13.2 Å². The Balaban J connectivity index is 1.50.